The van der Waals surface area contributed by atoms with E-state index in [4.69, 9.17) is 9.47 Å². The summed E-state index contributed by atoms with van der Waals surface area (Å²) in [5.74, 6) is 1.19. The number of piperazine rings is 1. The maximum Gasteiger partial charge on any atom is 0.241 e. The van der Waals surface area contributed by atoms with Crippen LogP contribution in [0.2, 0.25) is 0 Å². The van der Waals surface area contributed by atoms with Gasteiger partial charge in [0, 0.05) is 26.2 Å². The smallest absolute Gasteiger partial charge is 0.241 e. The Balaban J connectivity index is 1.62. The molecule has 0 spiro atoms. The van der Waals surface area contributed by atoms with Crippen LogP contribution in [0.15, 0.2) is 47.4 Å². The van der Waals surface area contributed by atoms with E-state index >= 15 is 0 Å². The van der Waals surface area contributed by atoms with Gasteiger partial charge in [-0.25, -0.2) is 8.42 Å². The molecule has 1 atom stereocenters. The van der Waals surface area contributed by atoms with Gasteiger partial charge in [0.1, 0.15) is 11.5 Å². The highest BCUT2D eigenvalue weighted by molar-refractivity contribution is 7.89. The highest BCUT2D eigenvalue weighted by atomic mass is 32.2. The molecule has 1 heterocycles. The van der Waals surface area contributed by atoms with Gasteiger partial charge in [-0.3, -0.25) is 4.79 Å². The number of anilines is 1. The average Bonchev–Trinajstić information content (AvgIpc) is 2.79. The molecule has 2 aromatic rings. The normalized spacial score (nSPS) is 15.4. The maximum absolute atomic E-state index is 12.9. The maximum atomic E-state index is 12.9. The summed E-state index contributed by atoms with van der Waals surface area (Å²) in [5, 5.41) is 0. The number of para-hydroxylation sites is 2. The van der Waals surface area contributed by atoms with Gasteiger partial charge < -0.3 is 19.3 Å². The van der Waals surface area contributed by atoms with Crippen molar-refractivity contribution in [2.24, 2.45) is 0 Å². The lowest BCUT2D eigenvalue weighted by molar-refractivity contribution is -0.132. The molecule has 0 saturated carbocycles. The molecule has 0 aromatic heterocycles. The molecule has 9 heteroatoms. The van der Waals surface area contributed by atoms with Crippen LogP contribution < -0.4 is 19.1 Å². The summed E-state index contributed by atoms with van der Waals surface area (Å²) in [4.78, 5) is 16.9. The van der Waals surface area contributed by atoms with Crippen molar-refractivity contribution < 1.29 is 22.7 Å². The van der Waals surface area contributed by atoms with Crippen molar-refractivity contribution >= 4 is 21.6 Å². The number of hydrogen-bond donors (Lipinski definition) is 1. The second-order valence-corrected chi connectivity index (χ2v) is 9.40. The van der Waals surface area contributed by atoms with Gasteiger partial charge in [0.25, 0.3) is 0 Å². The summed E-state index contributed by atoms with van der Waals surface area (Å²) in [6, 6.07) is 11.6. The third-order valence-corrected chi connectivity index (χ3v) is 7.01. The van der Waals surface area contributed by atoms with Crippen LogP contribution in [0.1, 0.15) is 19.4 Å². The largest absolute Gasteiger partial charge is 0.495 e. The van der Waals surface area contributed by atoms with Crippen molar-refractivity contribution in [1.82, 2.24) is 9.62 Å². The highest BCUT2D eigenvalue weighted by Gasteiger charge is 2.29. The zero-order valence-corrected chi connectivity index (χ0v) is 19.8. The predicted octanol–water partition coefficient (Wildman–Crippen LogP) is 2.42. The van der Waals surface area contributed by atoms with E-state index in [1.807, 2.05) is 31.2 Å². The summed E-state index contributed by atoms with van der Waals surface area (Å²) in [5.41, 5.74) is 1.71. The van der Waals surface area contributed by atoms with Crippen molar-refractivity contribution in [2.75, 3.05) is 44.8 Å². The van der Waals surface area contributed by atoms with Crippen LogP contribution in [0.3, 0.4) is 0 Å². The molecule has 1 saturated heterocycles. The van der Waals surface area contributed by atoms with Crippen LogP contribution in [-0.2, 0) is 14.8 Å². The van der Waals surface area contributed by atoms with Gasteiger partial charge in [-0.2, -0.15) is 4.72 Å². The van der Waals surface area contributed by atoms with Gasteiger partial charge in [0.05, 0.1) is 30.3 Å². The second-order valence-electron chi connectivity index (χ2n) is 7.69. The molecular formula is C23H31N3O5S. The van der Waals surface area contributed by atoms with Gasteiger partial charge in [-0.1, -0.05) is 12.1 Å². The molecule has 32 heavy (non-hydrogen) atoms. The van der Waals surface area contributed by atoms with E-state index in [1.54, 1.807) is 38.0 Å². The van der Waals surface area contributed by atoms with Crippen molar-refractivity contribution in [1.29, 1.82) is 0 Å². The van der Waals surface area contributed by atoms with Gasteiger partial charge in [0.2, 0.25) is 15.9 Å². The summed E-state index contributed by atoms with van der Waals surface area (Å²) in [6.45, 7) is 8.04. The van der Waals surface area contributed by atoms with Crippen LogP contribution in [0, 0.1) is 6.92 Å². The lowest BCUT2D eigenvalue weighted by Gasteiger charge is -2.37. The number of nitrogens with zero attached hydrogens (tertiary/aromatic N) is 2. The Morgan fingerprint density at radius 1 is 1.09 bits per heavy atom. The number of benzene rings is 2. The quantitative estimate of drug-likeness (QED) is 0.650. The summed E-state index contributed by atoms with van der Waals surface area (Å²) in [6.07, 6.45) is 0. The predicted molar refractivity (Wildman–Crippen MR) is 124 cm³/mol. The molecular weight excluding hydrogens is 430 g/mol. The summed E-state index contributed by atoms with van der Waals surface area (Å²) in [7, 11) is -2.20. The fourth-order valence-electron chi connectivity index (χ4n) is 3.79. The van der Waals surface area contributed by atoms with Crippen LogP contribution in [0.5, 0.6) is 11.5 Å². The van der Waals surface area contributed by atoms with E-state index in [2.05, 4.69) is 9.62 Å². The molecule has 8 nitrogen and oxygen atoms in total. The number of carbonyl (C=O) groups is 1. The van der Waals surface area contributed by atoms with Crippen molar-refractivity contribution in [3.05, 3.63) is 48.0 Å². The number of nitrogens with one attached hydrogen (secondary N) is 1. The van der Waals surface area contributed by atoms with Crippen LogP contribution >= 0.6 is 0 Å². The standard InChI is InChI=1S/C23H31N3O5S/c1-5-31-21-11-10-19(16-17(21)2)32(28,29)24-18(3)23(27)26-14-12-25(13-15-26)20-8-6-7-9-22(20)30-4/h6-11,16,18,24H,5,12-15H2,1-4H3/t18-/m0/s1. The first kappa shape index (κ1) is 23.9. The monoisotopic (exact) mass is 461 g/mol. The molecule has 1 aliphatic heterocycles. The van der Waals surface area contributed by atoms with E-state index in [0.29, 0.717) is 38.5 Å². The molecule has 1 N–H and O–H groups in total. The Morgan fingerprint density at radius 2 is 1.78 bits per heavy atom. The Morgan fingerprint density at radius 3 is 2.41 bits per heavy atom. The Labute approximate surface area is 190 Å². The van der Waals surface area contributed by atoms with Gasteiger partial charge in [-0.05, 0) is 56.7 Å². The Bertz CT molecular complexity index is 1050. The minimum atomic E-state index is -3.84. The first-order valence-corrected chi connectivity index (χ1v) is 12.2. The minimum absolute atomic E-state index is 0.110. The average molecular weight is 462 g/mol. The SMILES string of the molecule is CCOc1ccc(S(=O)(=O)N[C@@H](C)C(=O)N2CCN(c3ccccc3OC)CC2)cc1C. The number of carbonyl (C=O) groups excluding carboxylic acids is 1. The number of hydrogen-bond acceptors (Lipinski definition) is 6. The van der Waals surface area contributed by atoms with E-state index < -0.39 is 16.1 Å². The molecule has 0 radical (unpaired) electrons. The molecule has 3 rings (SSSR count). The summed E-state index contributed by atoms with van der Waals surface area (Å²) >= 11 is 0. The fraction of sp³-hybridized carbons (Fsp3) is 0.435. The van der Waals surface area contributed by atoms with Gasteiger partial charge in [0.15, 0.2) is 0 Å². The molecule has 1 aliphatic rings. The molecule has 0 bridgehead atoms. The van der Waals surface area contributed by atoms with Crippen LogP contribution in [-0.4, -0.2) is 65.2 Å². The Kier molecular flexibility index (Phi) is 7.63. The first-order chi connectivity index (χ1) is 15.3. The van der Waals surface area contributed by atoms with Gasteiger partial charge >= 0.3 is 0 Å². The number of aryl methyl sites for hydroxylation is 1. The third kappa shape index (κ3) is 5.34. The second kappa shape index (κ2) is 10.2. The first-order valence-electron chi connectivity index (χ1n) is 10.7. The number of amides is 1. The summed E-state index contributed by atoms with van der Waals surface area (Å²) < 4.78 is 39.0. The number of sulfonamides is 1. The lowest BCUT2D eigenvalue weighted by atomic mass is 10.2. The highest BCUT2D eigenvalue weighted by Crippen LogP contribution is 2.28. The number of ether oxygens (including phenoxy) is 2. The van der Waals surface area contributed by atoms with E-state index in [-0.39, 0.29) is 10.8 Å². The molecule has 0 aliphatic carbocycles. The van der Waals surface area contributed by atoms with Crippen LogP contribution in [0.25, 0.3) is 0 Å². The van der Waals surface area contributed by atoms with Crippen molar-refractivity contribution in [3.8, 4) is 11.5 Å². The topological polar surface area (TPSA) is 88.2 Å². The molecule has 1 fully saturated rings. The van der Waals surface area contributed by atoms with E-state index in [1.165, 1.54) is 6.07 Å². The number of methoxy groups -OCH3 is 1. The zero-order valence-electron chi connectivity index (χ0n) is 19.0. The molecule has 2 aromatic carbocycles. The number of rotatable bonds is 8. The van der Waals surface area contributed by atoms with E-state index in [9.17, 15) is 13.2 Å². The molecule has 174 valence electrons. The van der Waals surface area contributed by atoms with E-state index in [0.717, 1.165) is 17.0 Å². The molecule has 1 amide bonds. The van der Waals surface area contributed by atoms with Crippen LogP contribution in [0.4, 0.5) is 5.69 Å². The lowest BCUT2D eigenvalue weighted by Crippen LogP contribution is -2.54. The Hall–Kier alpha value is -2.78. The van der Waals surface area contributed by atoms with Gasteiger partial charge in [-0.15, -0.1) is 0 Å². The molecule has 0 unspecified atom stereocenters. The third-order valence-electron chi connectivity index (χ3n) is 5.48. The fourth-order valence-corrected chi connectivity index (χ4v) is 5.07. The minimum Gasteiger partial charge on any atom is -0.495 e. The zero-order chi connectivity index (χ0) is 23.3. The van der Waals surface area contributed by atoms with Crippen molar-refractivity contribution in [2.45, 2.75) is 31.7 Å². The van der Waals surface area contributed by atoms with Crippen molar-refractivity contribution in [3.63, 3.8) is 0 Å².